The van der Waals surface area contributed by atoms with Crippen molar-refractivity contribution in [3.63, 3.8) is 0 Å². The summed E-state index contributed by atoms with van der Waals surface area (Å²) in [5.41, 5.74) is 1.94. The lowest BCUT2D eigenvalue weighted by atomic mass is 10.1. The summed E-state index contributed by atoms with van der Waals surface area (Å²) in [6.45, 7) is 4.77. The van der Waals surface area contributed by atoms with Gasteiger partial charge in [0.2, 0.25) is 0 Å². The molecule has 1 aliphatic rings. The largest absolute Gasteiger partial charge is 0.460 e. The van der Waals surface area contributed by atoms with Gasteiger partial charge in [-0.1, -0.05) is 18.2 Å². The highest BCUT2D eigenvalue weighted by Gasteiger charge is 2.23. The molecule has 4 rings (SSSR count). The summed E-state index contributed by atoms with van der Waals surface area (Å²) in [5.74, 6) is 1.23. The summed E-state index contributed by atoms with van der Waals surface area (Å²) in [6.07, 6.45) is 6.21. The Balaban J connectivity index is 1.54. The second kappa shape index (κ2) is 8.66. The Morgan fingerprint density at radius 1 is 1.28 bits per heavy atom. The molecule has 152 valence electrons. The van der Waals surface area contributed by atoms with Gasteiger partial charge in [0.15, 0.2) is 5.76 Å². The average molecular weight is 393 g/mol. The zero-order valence-corrected chi connectivity index (χ0v) is 16.9. The maximum absolute atomic E-state index is 13.1. The normalized spacial score (nSPS) is 17.4. The molecule has 0 saturated carbocycles. The predicted octanol–water partition coefficient (Wildman–Crippen LogP) is 4.52. The first-order chi connectivity index (χ1) is 14.1. The maximum Gasteiger partial charge on any atom is 0.255 e. The van der Waals surface area contributed by atoms with Crippen LogP contribution in [0.25, 0.3) is 17.1 Å². The van der Waals surface area contributed by atoms with Crippen LogP contribution < -0.4 is 5.32 Å². The lowest BCUT2D eigenvalue weighted by Gasteiger charge is -2.16. The van der Waals surface area contributed by atoms with Gasteiger partial charge in [0, 0.05) is 18.8 Å². The van der Waals surface area contributed by atoms with Crippen molar-refractivity contribution >= 4 is 5.91 Å². The van der Waals surface area contributed by atoms with E-state index in [1.54, 1.807) is 10.9 Å². The van der Waals surface area contributed by atoms with Gasteiger partial charge in [-0.05, 0) is 63.8 Å². The molecule has 0 aliphatic carbocycles. The minimum Gasteiger partial charge on any atom is -0.460 e. The molecule has 1 N–H and O–H groups in total. The first-order valence-corrected chi connectivity index (χ1v) is 10.2. The Bertz CT molecular complexity index is 955. The van der Waals surface area contributed by atoms with E-state index in [0.717, 1.165) is 43.7 Å². The van der Waals surface area contributed by atoms with E-state index in [0.29, 0.717) is 23.1 Å². The van der Waals surface area contributed by atoms with Crippen molar-refractivity contribution < 1.29 is 13.9 Å². The lowest BCUT2D eigenvalue weighted by molar-refractivity contribution is 0.0899. The number of hydrogen-bond donors (Lipinski definition) is 1. The lowest BCUT2D eigenvalue weighted by Crippen LogP contribution is -2.33. The molecule has 2 unspecified atom stereocenters. The standard InChI is InChI=1S/C23H27N3O3/c1-16(10-12-19-9-6-14-28-19)24-23(27)20-15-26(18-7-4-3-5-8-18)25-22(20)21-13-11-17(2)29-21/h3-5,7-8,11,13,15-16,19H,6,9-10,12,14H2,1-2H3,(H,24,27). The van der Waals surface area contributed by atoms with Crippen molar-refractivity contribution in [1.82, 2.24) is 15.1 Å². The monoisotopic (exact) mass is 393 g/mol. The van der Waals surface area contributed by atoms with Crippen LogP contribution in [0.2, 0.25) is 0 Å². The van der Waals surface area contributed by atoms with Crippen molar-refractivity contribution in [3.8, 4) is 17.1 Å². The highest BCUT2D eigenvalue weighted by Crippen LogP contribution is 2.26. The molecule has 0 spiro atoms. The minimum absolute atomic E-state index is 0.0537. The van der Waals surface area contributed by atoms with Crippen LogP contribution in [0, 0.1) is 6.92 Å². The van der Waals surface area contributed by atoms with Crippen LogP contribution in [0.3, 0.4) is 0 Å². The molecule has 2 aromatic heterocycles. The molecule has 29 heavy (non-hydrogen) atoms. The SMILES string of the molecule is Cc1ccc(-c2nn(-c3ccccc3)cc2C(=O)NC(C)CCC2CCCO2)o1. The Morgan fingerprint density at radius 2 is 2.10 bits per heavy atom. The van der Waals surface area contributed by atoms with E-state index in [1.165, 1.54) is 0 Å². The van der Waals surface area contributed by atoms with E-state index < -0.39 is 0 Å². The first-order valence-electron chi connectivity index (χ1n) is 10.2. The summed E-state index contributed by atoms with van der Waals surface area (Å²) in [6, 6.07) is 13.5. The number of para-hydroxylation sites is 1. The first kappa shape index (κ1) is 19.5. The Labute approximate surface area is 170 Å². The molecule has 1 saturated heterocycles. The third-order valence-corrected chi connectivity index (χ3v) is 5.28. The molecule has 1 fully saturated rings. The molecule has 1 amide bonds. The van der Waals surface area contributed by atoms with Gasteiger partial charge >= 0.3 is 0 Å². The molecule has 1 aromatic carbocycles. The van der Waals surface area contributed by atoms with E-state index in [1.807, 2.05) is 56.3 Å². The fourth-order valence-electron chi connectivity index (χ4n) is 3.68. The van der Waals surface area contributed by atoms with Gasteiger partial charge in [-0.3, -0.25) is 4.79 Å². The van der Waals surface area contributed by atoms with E-state index in [-0.39, 0.29) is 11.9 Å². The van der Waals surface area contributed by atoms with E-state index in [2.05, 4.69) is 10.4 Å². The smallest absolute Gasteiger partial charge is 0.255 e. The van der Waals surface area contributed by atoms with Gasteiger partial charge in [-0.2, -0.15) is 5.10 Å². The molecule has 6 nitrogen and oxygen atoms in total. The topological polar surface area (TPSA) is 69.3 Å². The van der Waals surface area contributed by atoms with Crippen molar-refractivity contribution in [2.45, 2.75) is 51.7 Å². The number of aromatic nitrogens is 2. The van der Waals surface area contributed by atoms with Crippen LogP contribution in [0.4, 0.5) is 0 Å². The van der Waals surface area contributed by atoms with Crippen LogP contribution in [0.5, 0.6) is 0 Å². The number of aryl methyl sites for hydroxylation is 1. The molecule has 2 atom stereocenters. The number of amides is 1. The number of benzene rings is 1. The average Bonchev–Trinajstić information content (AvgIpc) is 3.47. The van der Waals surface area contributed by atoms with Crippen LogP contribution in [0.15, 0.2) is 53.1 Å². The predicted molar refractivity (Wildman–Crippen MR) is 111 cm³/mol. The number of carbonyl (C=O) groups is 1. The summed E-state index contributed by atoms with van der Waals surface area (Å²) < 4.78 is 13.2. The molecular weight excluding hydrogens is 366 g/mol. The van der Waals surface area contributed by atoms with Gasteiger partial charge < -0.3 is 14.5 Å². The Kier molecular flexibility index (Phi) is 5.81. The number of nitrogens with zero attached hydrogens (tertiary/aromatic N) is 2. The number of carbonyl (C=O) groups excluding carboxylic acids is 1. The van der Waals surface area contributed by atoms with Crippen molar-refractivity contribution in [3.05, 3.63) is 60.0 Å². The second-order valence-corrected chi connectivity index (χ2v) is 7.67. The fourth-order valence-corrected chi connectivity index (χ4v) is 3.68. The molecule has 3 aromatic rings. The molecular formula is C23H27N3O3. The van der Waals surface area contributed by atoms with Gasteiger partial charge in [-0.25, -0.2) is 4.68 Å². The van der Waals surface area contributed by atoms with Crippen LogP contribution in [-0.4, -0.2) is 34.4 Å². The fraction of sp³-hybridized carbons (Fsp3) is 0.391. The quantitative estimate of drug-likeness (QED) is 0.641. The molecule has 3 heterocycles. The molecule has 0 radical (unpaired) electrons. The minimum atomic E-state index is -0.143. The number of hydrogen-bond acceptors (Lipinski definition) is 4. The van der Waals surface area contributed by atoms with E-state index in [4.69, 9.17) is 9.15 Å². The van der Waals surface area contributed by atoms with Crippen molar-refractivity contribution in [1.29, 1.82) is 0 Å². The van der Waals surface area contributed by atoms with Crippen molar-refractivity contribution in [2.24, 2.45) is 0 Å². The number of ether oxygens (including phenoxy) is 1. The Hall–Kier alpha value is -2.86. The number of nitrogens with one attached hydrogen (secondary N) is 1. The molecule has 6 heteroatoms. The summed E-state index contributed by atoms with van der Waals surface area (Å²) in [7, 11) is 0. The zero-order valence-electron chi connectivity index (χ0n) is 16.9. The van der Waals surface area contributed by atoms with Crippen LogP contribution in [0.1, 0.15) is 48.7 Å². The van der Waals surface area contributed by atoms with Gasteiger partial charge in [0.05, 0.1) is 17.4 Å². The maximum atomic E-state index is 13.1. The summed E-state index contributed by atoms with van der Waals surface area (Å²) >= 11 is 0. The Morgan fingerprint density at radius 3 is 2.79 bits per heavy atom. The van der Waals surface area contributed by atoms with Crippen LogP contribution in [-0.2, 0) is 4.74 Å². The highest BCUT2D eigenvalue weighted by atomic mass is 16.5. The second-order valence-electron chi connectivity index (χ2n) is 7.67. The van der Waals surface area contributed by atoms with Gasteiger partial charge in [0.25, 0.3) is 5.91 Å². The summed E-state index contributed by atoms with van der Waals surface area (Å²) in [4.78, 5) is 13.1. The summed E-state index contributed by atoms with van der Waals surface area (Å²) in [5, 5.41) is 7.76. The van der Waals surface area contributed by atoms with Crippen LogP contribution >= 0.6 is 0 Å². The van der Waals surface area contributed by atoms with Gasteiger partial charge in [-0.15, -0.1) is 0 Å². The van der Waals surface area contributed by atoms with E-state index in [9.17, 15) is 4.79 Å². The van der Waals surface area contributed by atoms with Gasteiger partial charge in [0.1, 0.15) is 11.5 Å². The number of rotatable bonds is 7. The van der Waals surface area contributed by atoms with Crippen molar-refractivity contribution in [2.75, 3.05) is 6.61 Å². The number of furan rings is 1. The zero-order chi connectivity index (χ0) is 20.2. The molecule has 1 aliphatic heterocycles. The third-order valence-electron chi connectivity index (χ3n) is 5.28. The molecule has 0 bridgehead atoms. The van der Waals surface area contributed by atoms with E-state index >= 15 is 0 Å². The third kappa shape index (κ3) is 4.59. The highest BCUT2D eigenvalue weighted by molar-refractivity contribution is 5.99.